The monoisotopic (exact) mass is 290 g/mol. The van der Waals surface area contributed by atoms with E-state index in [1.54, 1.807) is 0 Å². The summed E-state index contributed by atoms with van der Waals surface area (Å²) in [5, 5.41) is 0. The minimum atomic E-state index is -0.141. The maximum atomic E-state index is 6.21. The molecule has 1 aromatic carbocycles. The van der Waals surface area contributed by atoms with Crippen molar-refractivity contribution in [3.05, 3.63) is 29.8 Å². The minimum absolute atomic E-state index is 0.141. The van der Waals surface area contributed by atoms with Crippen LogP contribution >= 0.6 is 0 Å². The fourth-order valence-electron chi connectivity index (χ4n) is 2.78. The summed E-state index contributed by atoms with van der Waals surface area (Å²) in [4.78, 5) is 0. The zero-order valence-electron chi connectivity index (χ0n) is 14.0. The Balaban J connectivity index is 1.95. The summed E-state index contributed by atoms with van der Waals surface area (Å²) in [6, 6.07) is 8.43. The van der Waals surface area contributed by atoms with Gasteiger partial charge in [-0.1, -0.05) is 59.1 Å². The highest BCUT2D eigenvalue weighted by atomic mass is 16.7. The van der Waals surface area contributed by atoms with Gasteiger partial charge in [-0.2, -0.15) is 0 Å². The predicted molar refractivity (Wildman–Crippen MR) is 87.7 cm³/mol. The van der Waals surface area contributed by atoms with Gasteiger partial charge in [0.05, 0.1) is 6.10 Å². The van der Waals surface area contributed by atoms with Gasteiger partial charge in [0.25, 0.3) is 0 Å². The quantitative estimate of drug-likeness (QED) is 0.642. The summed E-state index contributed by atoms with van der Waals surface area (Å²) in [6.07, 6.45) is 6.53. The Kier molecular flexibility index (Phi) is 6.10. The first kappa shape index (κ1) is 16.4. The smallest absolute Gasteiger partial charge is 0.202 e. The van der Waals surface area contributed by atoms with E-state index in [2.05, 4.69) is 52.0 Å². The topological polar surface area (TPSA) is 18.5 Å². The lowest BCUT2D eigenvalue weighted by Crippen LogP contribution is -2.32. The second-order valence-corrected chi connectivity index (χ2v) is 6.85. The van der Waals surface area contributed by atoms with E-state index in [1.165, 1.54) is 37.7 Å². The van der Waals surface area contributed by atoms with Crippen molar-refractivity contribution in [3.63, 3.8) is 0 Å². The van der Waals surface area contributed by atoms with Crippen molar-refractivity contribution in [3.8, 4) is 5.75 Å². The highest BCUT2D eigenvalue weighted by Gasteiger charge is 2.23. The summed E-state index contributed by atoms with van der Waals surface area (Å²) in [7, 11) is 0. The summed E-state index contributed by atoms with van der Waals surface area (Å²) >= 11 is 0. The molecule has 1 saturated carbocycles. The molecule has 0 amide bonds. The van der Waals surface area contributed by atoms with Crippen LogP contribution in [0, 0.1) is 5.92 Å². The van der Waals surface area contributed by atoms with Gasteiger partial charge in [-0.05, 0) is 36.5 Å². The Bertz CT molecular complexity index is 402. The molecule has 1 aromatic rings. The molecule has 0 aromatic heterocycles. The molecule has 1 aliphatic carbocycles. The molecule has 0 spiro atoms. The molecule has 0 radical (unpaired) electrons. The van der Waals surface area contributed by atoms with E-state index in [-0.39, 0.29) is 6.29 Å². The predicted octanol–water partition coefficient (Wildman–Crippen LogP) is 5.52. The molecule has 118 valence electrons. The van der Waals surface area contributed by atoms with Gasteiger partial charge in [0.2, 0.25) is 6.29 Å². The third-order valence-electron chi connectivity index (χ3n) is 4.22. The fraction of sp³-hybridized carbons (Fsp3) is 0.684. The molecule has 2 rings (SSSR count). The normalized spacial score (nSPS) is 18.2. The molecular weight excluding hydrogens is 260 g/mol. The molecule has 21 heavy (non-hydrogen) atoms. The molecule has 0 aliphatic heterocycles. The lowest BCUT2D eigenvalue weighted by molar-refractivity contribution is -0.150. The first-order valence-electron chi connectivity index (χ1n) is 8.48. The van der Waals surface area contributed by atoms with Crippen LogP contribution in [0.2, 0.25) is 0 Å². The lowest BCUT2D eigenvalue weighted by atomic mass is 9.97. The number of rotatable bonds is 6. The largest absolute Gasteiger partial charge is 0.465 e. The van der Waals surface area contributed by atoms with E-state index < -0.39 is 0 Å². The van der Waals surface area contributed by atoms with Crippen molar-refractivity contribution in [1.29, 1.82) is 0 Å². The molecule has 1 aliphatic rings. The van der Waals surface area contributed by atoms with Crippen LogP contribution in [0.1, 0.15) is 71.3 Å². The molecular formula is C19H30O2. The SMILES string of the molecule is CC(C)c1ccc(OC(OC2CCCCC2)C(C)C)cc1. The molecule has 0 bridgehead atoms. The molecule has 1 fully saturated rings. The molecule has 0 N–H and O–H groups in total. The van der Waals surface area contributed by atoms with Crippen molar-refractivity contribution in [2.75, 3.05) is 0 Å². The van der Waals surface area contributed by atoms with Gasteiger partial charge in [-0.15, -0.1) is 0 Å². The second kappa shape index (κ2) is 7.84. The first-order valence-corrected chi connectivity index (χ1v) is 8.48. The van der Waals surface area contributed by atoms with Crippen LogP contribution in [-0.4, -0.2) is 12.4 Å². The Morgan fingerprint density at radius 2 is 1.52 bits per heavy atom. The number of ether oxygens (including phenoxy) is 2. The zero-order valence-corrected chi connectivity index (χ0v) is 14.0. The van der Waals surface area contributed by atoms with Crippen LogP contribution < -0.4 is 4.74 Å². The van der Waals surface area contributed by atoms with Gasteiger partial charge in [-0.3, -0.25) is 0 Å². The Labute approximate surface area is 129 Å². The van der Waals surface area contributed by atoms with Gasteiger partial charge >= 0.3 is 0 Å². The van der Waals surface area contributed by atoms with Crippen molar-refractivity contribution in [2.24, 2.45) is 5.92 Å². The third kappa shape index (κ3) is 5.03. The van der Waals surface area contributed by atoms with Gasteiger partial charge in [0.1, 0.15) is 5.75 Å². The standard InChI is InChI=1S/C19H30O2/c1-14(2)16-10-12-18(13-11-16)21-19(15(3)4)20-17-8-6-5-7-9-17/h10-15,17,19H,5-9H2,1-4H3. The molecule has 2 heteroatoms. The highest BCUT2D eigenvalue weighted by molar-refractivity contribution is 5.28. The lowest BCUT2D eigenvalue weighted by Gasteiger charge is -2.30. The van der Waals surface area contributed by atoms with Crippen LogP contribution in [0.25, 0.3) is 0 Å². The minimum Gasteiger partial charge on any atom is -0.465 e. The number of hydrogen-bond acceptors (Lipinski definition) is 2. The Morgan fingerprint density at radius 1 is 0.905 bits per heavy atom. The molecule has 0 heterocycles. The van der Waals surface area contributed by atoms with E-state index in [4.69, 9.17) is 9.47 Å². The van der Waals surface area contributed by atoms with Gasteiger partial charge in [-0.25, -0.2) is 0 Å². The zero-order chi connectivity index (χ0) is 15.2. The van der Waals surface area contributed by atoms with Gasteiger partial charge in [0, 0.05) is 5.92 Å². The molecule has 1 unspecified atom stereocenters. The summed E-state index contributed by atoms with van der Waals surface area (Å²) < 4.78 is 12.3. The average molecular weight is 290 g/mol. The maximum Gasteiger partial charge on any atom is 0.202 e. The van der Waals surface area contributed by atoms with Crippen molar-refractivity contribution < 1.29 is 9.47 Å². The molecule has 1 atom stereocenters. The van der Waals surface area contributed by atoms with E-state index in [0.29, 0.717) is 17.9 Å². The second-order valence-electron chi connectivity index (χ2n) is 6.85. The summed E-state index contributed by atoms with van der Waals surface area (Å²) in [5.74, 6) is 1.82. The van der Waals surface area contributed by atoms with Crippen LogP contribution in [0.15, 0.2) is 24.3 Å². The Morgan fingerprint density at radius 3 is 2.05 bits per heavy atom. The summed E-state index contributed by atoms with van der Waals surface area (Å²) in [6.45, 7) is 8.74. The average Bonchev–Trinajstić information content (AvgIpc) is 2.48. The van der Waals surface area contributed by atoms with Gasteiger partial charge in [0.15, 0.2) is 0 Å². The van der Waals surface area contributed by atoms with Gasteiger partial charge < -0.3 is 9.47 Å². The highest BCUT2D eigenvalue weighted by Crippen LogP contribution is 2.26. The van der Waals surface area contributed by atoms with E-state index in [9.17, 15) is 0 Å². The number of benzene rings is 1. The fourth-order valence-corrected chi connectivity index (χ4v) is 2.78. The number of hydrogen-bond donors (Lipinski definition) is 0. The van der Waals surface area contributed by atoms with E-state index in [0.717, 1.165) is 5.75 Å². The van der Waals surface area contributed by atoms with Crippen LogP contribution in [0.5, 0.6) is 5.75 Å². The first-order chi connectivity index (χ1) is 10.1. The summed E-state index contributed by atoms with van der Waals surface area (Å²) in [5.41, 5.74) is 1.34. The van der Waals surface area contributed by atoms with Crippen molar-refractivity contribution in [2.45, 2.75) is 78.1 Å². The maximum absolute atomic E-state index is 6.21. The van der Waals surface area contributed by atoms with E-state index in [1.807, 2.05) is 0 Å². The van der Waals surface area contributed by atoms with Crippen molar-refractivity contribution >= 4 is 0 Å². The Hall–Kier alpha value is -1.02. The third-order valence-corrected chi connectivity index (χ3v) is 4.22. The van der Waals surface area contributed by atoms with Crippen molar-refractivity contribution in [1.82, 2.24) is 0 Å². The van der Waals surface area contributed by atoms with Crippen LogP contribution in [0.4, 0.5) is 0 Å². The molecule has 2 nitrogen and oxygen atoms in total. The van der Waals surface area contributed by atoms with Crippen LogP contribution in [-0.2, 0) is 4.74 Å². The molecule has 0 saturated heterocycles. The van der Waals surface area contributed by atoms with Crippen LogP contribution in [0.3, 0.4) is 0 Å². The van der Waals surface area contributed by atoms with E-state index >= 15 is 0 Å².